The molecule has 0 fully saturated rings. The number of nitrogens with zero attached hydrogens (tertiary/aromatic N) is 6. The Morgan fingerprint density at radius 2 is 1.50 bits per heavy atom. The summed E-state index contributed by atoms with van der Waals surface area (Å²) in [6, 6.07) is 17.3. The summed E-state index contributed by atoms with van der Waals surface area (Å²) in [5, 5.41) is 1.69. The van der Waals surface area contributed by atoms with Crippen molar-refractivity contribution < 1.29 is 18.7 Å². The van der Waals surface area contributed by atoms with E-state index in [1.807, 2.05) is 55.5 Å². The minimum atomic E-state index is -3.34. The van der Waals surface area contributed by atoms with Crippen molar-refractivity contribution in [2.24, 2.45) is 0 Å². The smallest absolute Gasteiger partial charge is 0.225 e. The highest BCUT2D eigenvalue weighted by Crippen LogP contribution is 2.68. The fourth-order valence-electron chi connectivity index (χ4n) is 5.67. The number of carbonyl (C=O) groups is 1. The van der Waals surface area contributed by atoms with Crippen LogP contribution in [0.5, 0.6) is 5.75 Å². The molecule has 0 saturated carbocycles. The van der Waals surface area contributed by atoms with Gasteiger partial charge in [0.25, 0.3) is 0 Å². The zero-order chi connectivity index (χ0) is 34.0. The molecule has 0 aliphatic rings. The molecule has 0 bridgehead atoms. The Bertz CT molecular complexity index is 1770. The Morgan fingerprint density at radius 3 is 2.07 bits per heavy atom. The summed E-state index contributed by atoms with van der Waals surface area (Å²) in [5.74, 6) is 0.445. The topological polar surface area (TPSA) is 99.2 Å². The first-order valence-electron chi connectivity index (χ1n) is 15.1. The summed E-state index contributed by atoms with van der Waals surface area (Å²) in [4.78, 5) is 24.3. The number of benzene rings is 2. The van der Waals surface area contributed by atoms with Gasteiger partial charge in [0.1, 0.15) is 10.8 Å². The van der Waals surface area contributed by atoms with Gasteiger partial charge in [-0.15, -0.1) is 11.3 Å². The van der Waals surface area contributed by atoms with Gasteiger partial charge in [-0.05, 0) is 94.0 Å². The van der Waals surface area contributed by atoms with Crippen molar-refractivity contribution in [2.75, 3.05) is 69.7 Å². The summed E-state index contributed by atoms with van der Waals surface area (Å²) in [7, 11) is 9.25. The summed E-state index contributed by atoms with van der Waals surface area (Å²) in [5.41, 5.74) is 2.95. The van der Waals surface area contributed by atoms with E-state index in [0.29, 0.717) is 35.4 Å². The number of thiazole rings is 1. The van der Waals surface area contributed by atoms with E-state index in [2.05, 4.69) is 0 Å². The Labute approximate surface area is 277 Å². The first-order valence-corrected chi connectivity index (χ1v) is 19.4. The number of hydrogen-bond acceptors (Lipinski definition) is 7. The monoisotopic (exact) mass is 684 g/mol. The highest BCUT2D eigenvalue weighted by atomic mass is 32.1. The summed E-state index contributed by atoms with van der Waals surface area (Å²) in [6.45, 7) is 2.05. The second-order valence-electron chi connectivity index (χ2n) is 12.1. The Hall–Kier alpha value is -2.75. The Kier molecular flexibility index (Phi) is 11.4. The number of pyridine rings is 1. The summed E-state index contributed by atoms with van der Waals surface area (Å²) >= 11 is 1.64. The number of aromatic nitrogens is 2. The normalized spacial score (nSPS) is 13.3. The lowest BCUT2D eigenvalue weighted by atomic mass is 10.0. The van der Waals surface area contributed by atoms with Crippen molar-refractivity contribution in [3.05, 3.63) is 76.4 Å². The van der Waals surface area contributed by atoms with Gasteiger partial charge in [-0.1, -0.05) is 30.3 Å². The van der Waals surface area contributed by atoms with Crippen LogP contribution in [0, 0.1) is 6.92 Å². The van der Waals surface area contributed by atoms with Crippen LogP contribution in [-0.2, 0) is 15.6 Å². The van der Waals surface area contributed by atoms with E-state index < -0.39 is 20.5 Å². The zero-order valence-electron chi connectivity index (χ0n) is 28.5. The molecule has 0 spiro atoms. The maximum absolute atomic E-state index is 14.8. The van der Waals surface area contributed by atoms with E-state index in [1.54, 1.807) is 99.6 Å². The third kappa shape index (κ3) is 7.21. The van der Waals surface area contributed by atoms with E-state index in [4.69, 9.17) is 14.7 Å². The number of rotatable bonds is 14. The van der Waals surface area contributed by atoms with Crippen LogP contribution in [-0.4, -0.2) is 104 Å². The van der Waals surface area contributed by atoms with E-state index in [1.165, 1.54) is 0 Å². The van der Waals surface area contributed by atoms with Crippen LogP contribution >= 0.6 is 26.2 Å². The largest absolute Gasteiger partial charge is 0.495 e. The summed E-state index contributed by atoms with van der Waals surface area (Å²) in [6.07, 6.45) is 0.971. The van der Waals surface area contributed by atoms with Crippen LogP contribution in [0.3, 0.4) is 0 Å². The molecule has 0 amide bonds. The first-order chi connectivity index (χ1) is 21.6. The number of carbonyl (C=O) groups excluding carboxylic acids is 1. The number of aryl methyl sites for hydroxylation is 2. The SMILES string of the molecule is COc1cc2cc(C(=O)CCc3nc(-c4ccccc4)sc3C)ccc2nc1C(CP(=O)(N(C)C)N(C)C)P(=O)(N(C)C)N(C)C. The molecule has 0 N–H and O–H groups in total. The van der Waals surface area contributed by atoms with Crippen molar-refractivity contribution in [2.45, 2.75) is 25.4 Å². The Morgan fingerprint density at radius 1 is 0.870 bits per heavy atom. The zero-order valence-corrected chi connectivity index (χ0v) is 31.1. The highest BCUT2D eigenvalue weighted by Gasteiger charge is 2.46. The van der Waals surface area contributed by atoms with Gasteiger partial charge in [0.2, 0.25) is 14.9 Å². The molecule has 0 radical (unpaired) electrons. The van der Waals surface area contributed by atoms with Crippen molar-refractivity contribution >= 4 is 42.9 Å². The Balaban J connectivity index is 1.69. The molecule has 0 aliphatic carbocycles. The van der Waals surface area contributed by atoms with Gasteiger partial charge in [0.05, 0.1) is 29.7 Å². The molecule has 4 rings (SSSR count). The molecule has 248 valence electrons. The van der Waals surface area contributed by atoms with Crippen molar-refractivity contribution in [1.82, 2.24) is 28.6 Å². The molecule has 0 saturated heterocycles. The second-order valence-corrected chi connectivity index (χ2v) is 20.0. The lowest BCUT2D eigenvalue weighted by molar-refractivity contribution is 0.0982. The van der Waals surface area contributed by atoms with Crippen molar-refractivity contribution in [3.63, 3.8) is 0 Å². The number of methoxy groups -OCH3 is 1. The molecule has 2 heterocycles. The maximum atomic E-state index is 14.8. The van der Waals surface area contributed by atoms with Crippen LogP contribution < -0.4 is 4.74 Å². The van der Waals surface area contributed by atoms with Gasteiger partial charge in [-0.2, -0.15) is 0 Å². The second kappa shape index (κ2) is 14.6. The van der Waals surface area contributed by atoms with Crippen LogP contribution in [0.25, 0.3) is 21.5 Å². The molecule has 1 unspecified atom stereocenters. The third-order valence-corrected chi connectivity index (χ3v) is 16.6. The molecule has 13 heteroatoms. The third-order valence-electron chi connectivity index (χ3n) is 8.38. The first kappa shape index (κ1) is 36.1. The fraction of sp³-hybridized carbons (Fsp3) is 0.424. The van der Waals surface area contributed by atoms with E-state index in [9.17, 15) is 13.9 Å². The number of hydrogen-bond donors (Lipinski definition) is 0. The van der Waals surface area contributed by atoms with Gasteiger partial charge in [0.15, 0.2) is 5.78 Å². The molecular formula is C33H46N6O4P2S. The average Bonchev–Trinajstić information content (AvgIpc) is 3.41. The molecule has 0 aliphatic heterocycles. The highest BCUT2D eigenvalue weighted by molar-refractivity contribution is 7.63. The van der Waals surface area contributed by atoms with Gasteiger partial charge in [-0.3, -0.25) is 13.9 Å². The van der Waals surface area contributed by atoms with E-state index >= 15 is 0 Å². The maximum Gasteiger partial charge on any atom is 0.225 e. The summed E-state index contributed by atoms with van der Waals surface area (Å²) < 4.78 is 41.8. The molecule has 46 heavy (non-hydrogen) atoms. The van der Waals surface area contributed by atoms with Gasteiger partial charge in [0, 0.05) is 34.0 Å². The lowest BCUT2D eigenvalue weighted by Crippen LogP contribution is -2.31. The van der Waals surface area contributed by atoms with E-state index in [0.717, 1.165) is 26.5 Å². The average molecular weight is 685 g/mol. The predicted octanol–water partition coefficient (Wildman–Crippen LogP) is 7.16. The van der Waals surface area contributed by atoms with Gasteiger partial charge < -0.3 is 4.74 Å². The lowest BCUT2D eigenvalue weighted by Gasteiger charge is -2.40. The predicted molar refractivity (Wildman–Crippen MR) is 191 cm³/mol. The van der Waals surface area contributed by atoms with Crippen LogP contribution in [0.15, 0.2) is 54.6 Å². The fourth-order valence-corrected chi connectivity index (χ4v) is 12.4. The molecular weight excluding hydrogens is 638 g/mol. The quantitative estimate of drug-likeness (QED) is 0.100. The van der Waals surface area contributed by atoms with Crippen LogP contribution in [0.1, 0.15) is 38.7 Å². The number of Topliss-reactive ketones (excluding diaryl/α,β-unsaturated/α-hetero) is 1. The van der Waals surface area contributed by atoms with Crippen LogP contribution in [0.4, 0.5) is 0 Å². The molecule has 2 aromatic carbocycles. The minimum Gasteiger partial charge on any atom is -0.495 e. The number of ketones is 1. The number of ether oxygens (including phenoxy) is 1. The van der Waals surface area contributed by atoms with Crippen molar-refractivity contribution in [3.8, 4) is 16.3 Å². The van der Waals surface area contributed by atoms with Gasteiger partial charge in [-0.25, -0.2) is 28.6 Å². The van der Waals surface area contributed by atoms with Crippen LogP contribution in [0.2, 0.25) is 0 Å². The molecule has 4 aromatic rings. The molecule has 2 aromatic heterocycles. The minimum absolute atomic E-state index is 0.0131. The molecule has 10 nitrogen and oxygen atoms in total. The standard InChI is InChI=1S/C33H46N6O4P2S/c1-23-27(35-33(46-23)24-14-12-11-13-15-24)18-19-29(40)25-16-17-28-26(20-25)21-30(43-10)32(34-28)31(45(42,38(6)7)39(8)9)22-44(41,36(2)3)37(4)5/h11-17,20-21,31H,18-19,22H2,1-10H3. The molecule has 1 atom stereocenters. The number of fused-ring (bicyclic) bond motifs is 1. The van der Waals surface area contributed by atoms with Gasteiger partial charge >= 0.3 is 0 Å². The van der Waals surface area contributed by atoms with Crippen molar-refractivity contribution in [1.29, 1.82) is 0 Å². The van der Waals surface area contributed by atoms with E-state index in [-0.39, 0.29) is 11.9 Å².